The molecule has 1 atom stereocenters. The number of benzene rings is 2. The van der Waals surface area contributed by atoms with Crippen molar-refractivity contribution in [1.82, 2.24) is 4.90 Å². The van der Waals surface area contributed by atoms with Gasteiger partial charge in [-0.05, 0) is 24.3 Å². The number of amides is 1. The van der Waals surface area contributed by atoms with Gasteiger partial charge in [-0.1, -0.05) is 41.4 Å². The maximum Gasteiger partial charge on any atom is 0.229 e. The van der Waals surface area contributed by atoms with Gasteiger partial charge in [-0.25, -0.2) is 4.99 Å². The molecular weight excluding hydrogens is 351 g/mol. The molecule has 0 aliphatic carbocycles. The lowest BCUT2D eigenvalue weighted by Gasteiger charge is -2.23. The molecule has 0 aromatic heterocycles. The van der Waals surface area contributed by atoms with Crippen LogP contribution in [0.3, 0.4) is 0 Å². The molecule has 1 saturated heterocycles. The van der Waals surface area contributed by atoms with Crippen LogP contribution in [0.5, 0.6) is 0 Å². The highest BCUT2D eigenvalue weighted by atomic mass is 35.5. The molecule has 2 heterocycles. The molecule has 2 aromatic rings. The Kier molecular flexibility index (Phi) is 3.84. The lowest BCUT2D eigenvalue weighted by Crippen LogP contribution is -2.32. The first-order chi connectivity index (χ1) is 11.1. The van der Waals surface area contributed by atoms with Gasteiger partial charge in [-0.3, -0.25) is 9.69 Å². The first-order valence-corrected chi connectivity index (χ1v) is 8.84. The molecule has 0 unspecified atom stereocenters. The Balaban J connectivity index is 1.72. The number of carbonyl (C=O) groups excluding carboxylic acids is 1. The monoisotopic (exact) mass is 362 g/mol. The third kappa shape index (κ3) is 2.65. The van der Waals surface area contributed by atoms with Gasteiger partial charge in [0.1, 0.15) is 5.84 Å². The predicted octanol–water partition coefficient (Wildman–Crippen LogP) is 4.93. The molecule has 2 aliphatic rings. The minimum atomic E-state index is 0.0602. The Bertz CT molecular complexity index is 817. The molecule has 2 aromatic carbocycles. The maximum absolute atomic E-state index is 12.5. The molecule has 6 heteroatoms. The van der Waals surface area contributed by atoms with E-state index < -0.39 is 0 Å². The summed E-state index contributed by atoms with van der Waals surface area (Å²) in [5.74, 6) is 0.861. The summed E-state index contributed by atoms with van der Waals surface area (Å²) in [6, 6.07) is 13.3. The number of halogens is 2. The lowest BCUT2D eigenvalue weighted by atomic mass is 10.2. The molecule has 116 valence electrons. The summed E-state index contributed by atoms with van der Waals surface area (Å²) in [4.78, 5) is 20.0. The van der Waals surface area contributed by atoms with Crippen LogP contribution in [0.25, 0.3) is 0 Å². The summed E-state index contributed by atoms with van der Waals surface area (Å²) in [6.07, 6.45) is 0.458. The van der Waals surface area contributed by atoms with Crippen LogP contribution in [-0.4, -0.2) is 21.9 Å². The van der Waals surface area contributed by atoms with Gasteiger partial charge in [0, 0.05) is 26.9 Å². The Morgan fingerprint density at radius 3 is 2.65 bits per heavy atom. The first kappa shape index (κ1) is 15.1. The second kappa shape index (κ2) is 5.86. The number of rotatable bonds is 2. The maximum atomic E-state index is 12.5. The molecule has 0 N–H and O–H groups in total. The standard InChI is InChI=1S/C17H12Cl2N2OS/c18-11-4-3-5-12(19)10(11)9-21-16(22)8-15-17(21)20-13-6-1-2-7-14(13)23-15/h1-7,15H,8-9H2/t15-/m0/s1. The highest BCUT2D eigenvalue weighted by Crippen LogP contribution is 2.43. The van der Waals surface area contributed by atoms with E-state index in [0.717, 1.165) is 22.0 Å². The number of nitrogens with zero attached hydrogens (tertiary/aromatic N) is 2. The average Bonchev–Trinajstić information content (AvgIpc) is 2.83. The molecule has 0 bridgehead atoms. The summed E-state index contributed by atoms with van der Waals surface area (Å²) >= 11 is 14.2. The largest absolute Gasteiger partial charge is 0.295 e. The summed E-state index contributed by atoms with van der Waals surface area (Å²) < 4.78 is 0. The first-order valence-electron chi connectivity index (χ1n) is 7.21. The zero-order chi connectivity index (χ0) is 16.0. The average molecular weight is 363 g/mol. The van der Waals surface area contributed by atoms with E-state index >= 15 is 0 Å². The number of aliphatic imine (C=N–C) groups is 1. The molecule has 3 nitrogen and oxygen atoms in total. The third-order valence-corrected chi connectivity index (χ3v) is 5.94. The van der Waals surface area contributed by atoms with Crippen LogP contribution in [0.2, 0.25) is 10.0 Å². The van der Waals surface area contributed by atoms with Crippen LogP contribution in [0.15, 0.2) is 52.4 Å². The van der Waals surface area contributed by atoms with Crippen molar-refractivity contribution in [3.05, 3.63) is 58.1 Å². The van der Waals surface area contributed by atoms with E-state index in [1.54, 1.807) is 34.9 Å². The molecule has 0 radical (unpaired) electrons. The topological polar surface area (TPSA) is 32.7 Å². The fraction of sp³-hybridized carbons (Fsp3) is 0.176. The Labute approximate surface area is 148 Å². The molecule has 4 rings (SSSR count). The third-order valence-electron chi connectivity index (χ3n) is 3.97. The second-order valence-electron chi connectivity index (χ2n) is 5.43. The Hall–Kier alpha value is -1.49. The molecule has 2 aliphatic heterocycles. The smallest absolute Gasteiger partial charge is 0.229 e. The Morgan fingerprint density at radius 2 is 1.87 bits per heavy atom. The highest BCUT2D eigenvalue weighted by Gasteiger charge is 2.40. The van der Waals surface area contributed by atoms with Gasteiger partial charge in [0.25, 0.3) is 0 Å². The molecular formula is C17H12Cl2N2OS. The fourth-order valence-corrected chi connectivity index (χ4v) is 4.55. The van der Waals surface area contributed by atoms with Gasteiger partial charge in [-0.15, -0.1) is 11.8 Å². The van der Waals surface area contributed by atoms with Crippen molar-refractivity contribution in [3.63, 3.8) is 0 Å². The molecule has 1 amide bonds. The van der Waals surface area contributed by atoms with Gasteiger partial charge in [-0.2, -0.15) is 0 Å². The molecule has 0 spiro atoms. The van der Waals surface area contributed by atoms with Crippen LogP contribution in [-0.2, 0) is 11.3 Å². The normalized spacial score (nSPS) is 19.4. The predicted molar refractivity (Wildman–Crippen MR) is 94.8 cm³/mol. The van der Waals surface area contributed by atoms with Crippen LogP contribution in [0.1, 0.15) is 12.0 Å². The highest BCUT2D eigenvalue weighted by molar-refractivity contribution is 8.01. The van der Waals surface area contributed by atoms with Crippen LogP contribution in [0, 0.1) is 0 Å². The van der Waals surface area contributed by atoms with E-state index in [1.807, 2.05) is 24.3 Å². The van der Waals surface area contributed by atoms with Gasteiger partial charge < -0.3 is 0 Å². The van der Waals surface area contributed by atoms with E-state index in [4.69, 9.17) is 28.2 Å². The van der Waals surface area contributed by atoms with E-state index in [0.29, 0.717) is 23.0 Å². The SMILES string of the molecule is O=C1C[C@@H]2Sc3ccccc3N=C2N1Cc1c(Cl)cccc1Cl. The number of likely N-dealkylation sites (tertiary alicyclic amines) is 1. The molecule has 23 heavy (non-hydrogen) atoms. The van der Waals surface area contributed by atoms with Gasteiger partial charge in [0.2, 0.25) is 5.91 Å². The zero-order valence-electron chi connectivity index (χ0n) is 12.0. The Morgan fingerprint density at radius 1 is 1.13 bits per heavy atom. The number of fused-ring (bicyclic) bond motifs is 2. The van der Waals surface area contributed by atoms with Gasteiger partial charge >= 0.3 is 0 Å². The van der Waals surface area contributed by atoms with Crippen molar-refractivity contribution in [2.45, 2.75) is 23.1 Å². The number of hydrogen-bond donors (Lipinski definition) is 0. The molecule has 0 saturated carbocycles. The van der Waals surface area contributed by atoms with Crippen LogP contribution in [0.4, 0.5) is 5.69 Å². The van der Waals surface area contributed by atoms with Crippen molar-refractivity contribution in [3.8, 4) is 0 Å². The van der Waals surface area contributed by atoms with E-state index in [-0.39, 0.29) is 11.2 Å². The quantitative estimate of drug-likeness (QED) is 0.758. The molecule has 1 fully saturated rings. The number of amidine groups is 1. The summed E-state index contributed by atoms with van der Waals surface area (Å²) in [6.45, 7) is 0.357. The van der Waals surface area contributed by atoms with Gasteiger partial charge in [0.15, 0.2) is 0 Å². The summed E-state index contributed by atoms with van der Waals surface area (Å²) in [5.41, 5.74) is 1.67. The number of hydrogen-bond acceptors (Lipinski definition) is 3. The summed E-state index contributed by atoms with van der Waals surface area (Å²) in [7, 11) is 0. The lowest BCUT2D eigenvalue weighted by molar-refractivity contribution is -0.126. The minimum Gasteiger partial charge on any atom is -0.295 e. The minimum absolute atomic E-state index is 0.0602. The van der Waals surface area contributed by atoms with Crippen molar-refractivity contribution < 1.29 is 4.79 Å². The van der Waals surface area contributed by atoms with Crippen molar-refractivity contribution in [1.29, 1.82) is 0 Å². The van der Waals surface area contributed by atoms with Crippen LogP contribution < -0.4 is 0 Å². The second-order valence-corrected chi connectivity index (χ2v) is 7.49. The van der Waals surface area contributed by atoms with E-state index in [1.165, 1.54) is 0 Å². The number of para-hydroxylation sites is 1. The summed E-state index contributed by atoms with van der Waals surface area (Å²) in [5, 5.41) is 1.20. The zero-order valence-corrected chi connectivity index (χ0v) is 14.3. The van der Waals surface area contributed by atoms with E-state index in [2.05, 4.69) is 0 Å². The van der Waals surface area contributed by atoms with E-state index in [9.17, 15) is 4.79 Å². The fourth-order valence-electron chi connectivity index (χ4n) is 2.82. The van der Waals surface area contributed by atoms with Crippen molar-refractivity contribution in [2.24, 2.45) is 4.99 Å². The number of thioether (sulfide) groups is 1. The van der Waals surface area contributed by atoms with Crippen molar-refractivity contribution in [2.75, 3.05) is 0 Å². The van der Waals surface area contributed by atoms with Gasteiger partial charge in [0.05, 0.1) is 17.5 Å². The van der Waals surface area contributed by atoms with Crippen molar-refractivity contribution >= 4 is 52.4 Å². The number of carbonyl (C=O) groups is 1. The van der Waals surface area contributed by atoms with Crippen LogP contribution >= 0.6 is 35.0 Å².